The molecule has 21 heavy (non-hydrogen) atoms. The molecule has 1 aromatic heterocycles. The predicted molar refractivity (Wildman–Crippen MR) is 87.9 cm³/mol. The zero-order chi connectivity index (χ0) is 15.4. The van der Waals surface area contributed by atoms with E-state index < -0.39 is 0 Å². The fourth-order valence-corrected chi connectivity index (χ4v) is 2.80. The second-order valence-corrected chi connectivity index (χ2v) is 6.10. The molecule has 0 aliphatic heterocycles. The first kappa shape index (κ1) is 16.0. The Kier molecular flexibility index (Phi) is 5.37. The maximum absolute atomic E-state index is 9.71. The fourth-order valence-electron chi connectivity index (χ4n) is 2.53. The Labute approximate surface area is 134 Å². The van der Waals surface area contributed by atoms with Gasteiger partial charge in [-0.3, -0.25) is 4.98 Å². The number of hydrogen-bond acceptors (Lipinski definition) is 3. The Morgan fingerprint density at radius 1 is 1.24 bits per heavy atom. The molecule has 2 rings (SSSR count). The molecular formula is C17H20BrNO2. The Morgan fingerprint density at radius 2 is 1.90 bits per heavy atom. The number of nitrogens with zero attached hydrogens (tertiary/aromatic N) is 1. The molecule has 0 saturated heterocycles. The van der Waals surface area contributed by atoms with Gasteiger partial charge >= 0.3 is 0 Å². The second-order valence-electron chi connectivity index (χ2n) is 5.18. The lowest BCUT2D eigenvalue weighted by Crippen LogP contribution is -2.11. The molecule has 0 radical (unpaired) electrons. The standard InChI is InChI=1S/C17H20BrNO2/c1-11-9-19-16(12(2)17(11)21-3)8-14(10-20)13-4-6-15(18)7-5-13/h4-7,9,14,20H,8,10H2,1-3H3. The number of pyridine rings is 1. The van der Waals surface area contributed by atoms with E-state index in [1.807, 2.05) is 44.3 Å². The smallest absolute Gasteiger partial charge is 0.128 e. The Bertz CT molecular complexity index is 611. The van der Waals surface area contributed by atoms with Crippen LogP contribution in [0.5, 0.6) is 5.75 Å². The van der Waals surface area contributed by atoms with E-state index in [1.54, 1.807) is 7.11 Å². The van der Waals surface area contributed by atoms with Crippen molar-refractivity contribution >= 4 is 15.9 Å². The summed E-state index contributed by atoms with van der Waals surface area (Å²) >= 11 is 3.43. The van der Waals surface area contributed by atoms with Crippen molar-refractivity contribution in [1.82, 2.24) is 4.98 Å². The number of aromatic nitrogens is 1. The van der Waals surface area contributed by atoms with E-state index in [1.165, 1.54) is 0 Å². The lowest BCUT2D eigenvalue weighted by molar-refractivity contribution is 0.263. The van der Waals surface area contributed by atoms with Crippen LogP contribution in [0, 0.1) is 13.8 Å². The summed E-state index contributed by atoms with van der Waals surface area (Å²) in [5, 5.41) is 9.71. The van der Waals surface area contributed by atoms with Crippen LogP contribution in [0.25, 0.3) is 0 Å². The molecule has 1 unspecified atom stereocenters. The summed E-state index contributed by atoms with van der Waals surface area (Å²) in [5.74, 6) is 0.921. The number of aliphatic hydroxyl groups is 1. The first-order valence-corrected chi connectivity index (χ1v) is 7.71. The topological polar surface area (TPSA) is 42.4 Å². The third-order valence-electron chi connectivity index (χ3n) is 3.75. The van der Waals surface area contributed by atoms with Gasteiger partial charge in [-0.15, -0.1) is 0 Å². The Hall–Kier alpha value is -1.39. The van der Waals surface area contributed by atoms with Crippen molar-refractivity contribution in [3.05, 3.63) is 57.3 Å². The number of ether oxygens (including phenoxy) is 1. The average molecular weight is 350 g/mol. The van der Waals surface area contributed by atoms with E-state index in [9.17, 15) is 5.11 Å². The van der Waals surface area contributed by atoms with Crippen LogP contribution >= 0.6 is 15.9 Å². The van der Waals surface area contributed by atoms with Gasteiger partial charge in [0.05, 0.1) is 13.7 Å². The molecule has 1 heterocycles. The normalized spacial score (nSPS) is 12.2. The van der Waals surface area contributed by atoms with Gasteiger partial charge in [0.25, 0.3) is 0 Å². The number of benzene rings is 1. The highest BCUT2D eigenvalue weighted by Crippen LogP contribution is 2.28. The summed E-state index contributed by atoms with van der Waals surface area (Å²) in [7, 11) is 1.68. The molecule has 1 aromatic carbocycles. The molecule has 2 aromatic rings. The zero-order valence-electron chi connectivity index (χ0n) is 12.6. The number of methoxy groups -OCH3 is 1. The molecule has 1 N–H and O–H groups in total. The van der Waals surface area contributed by atoms with Crippen molar-refractivity contribution in [3.63, 3.8) is 0 Å². The lowest BCUT2D eigenvalue weighted by Gasteiger charge is -2.17. The number of aryl methyl sites for hydroxylation is 1. The summed E-state index contributed by atoms with van der Waals surface area (Å²) in [6.45, 7) is 4.10. The van der Waals surface area contributed by atoms with Gasteiger partial charge in [-0.25, -0.2) is 0 Å². The zero-order valence-corrected chi connectivity index (χ0v) is 14.1. The molecule has 0 bridgehead atoms. The van der Waals surface area contributed by atoms with Crippen molar-refractivity contribution in [2.75, 3.05) is 13.7 Å². The number of aliphatic hydroxyl groups excluding tert-OH is 1. The minimum absolute atomic E-state index is 0.0386. The van der Waals surface area contributed by atoms with Crippen LogP contribution < -0.4 is 4.74 Å². The minimum Gasteiger partial charge on any atom is -0.496 e. The summed E-state index contributed by atoms with van der Waals surface area (Å²) in [4.78, 5) is 4.52. The van der Waals surface area contributed by atoms with Crippen LogP contribution in [-0.2, 0) is 6.42 Å². The van der Waals surface area contributed by atoms with Crippen LogP contribution in [0.15, 0.2) is 34.9 Å². The number of halogens is 1. The summed E-state index contributed by atoms with van der Waals surface area (Å²) < 4.78 is 6.48. The molecule has 1 atom stereocenters. The van der Waals surface area contributed by atoms with Gasteiger partial charge in [-0.1, -0.05) is 28.1 Å². The van der Waals surface area contributed by atoms with E-state index in [-0.39, 0.29) is 12.5 Å². The van der Waals surface area contributed by atoms with Crippen LogP contribution in [0.3, 0.4) is 0 Å². The quantitative estimate of drug-likeness (QED) is 0.892. The van der Waals surface area contributed by atoms with Crippen molar-refractivity contribution in [2.45, 2.75) is 26.2 Å². The third-order valence-corrected chi connectivity index (χ3v) is 4.28. The molecular weight excluding hydrogens is 330 g/mol. The monoisotopic (exact) mass is 349 g/mol. The maximum atomic E-state index is 9.71. The van der Waals surface area contributed by atoms with E-state index in [2.05, 4.69) is 20.9 Å². The largest absolute Gasteiger partial charge is 0.496 e. The van der Waals surface area contributed by atoms with Crippen molar-refractivity contribution in [1.29, 1.82) is 0 Å². The van der Waals surface area contributed by atoms with Gasteiger partial charge in [0.1, 0.15) is 5.75 Å². The average Bonchev–Trinajstić information content (AvgIpc) is 2.48. The maximum Gasteiger partial charge on any atom is 0.128 e. The van der Waals surface area contributed by atoms with Gasteiger partial charge in [0, 0.05) is 33.4 Å². The highest BCUT2D eigenvalue weighted by atomic mass is 79.9. The summed E-state index contributed by atoms with van der Waals surface area (Å²) in [6, 6.07) is 8.06. The Balaban J connectivity index is 2.29. The van der Waals surface area contributed by atoms with E-state index in [4.69, 9.17) is 4.74 Å². The van der Waals surface area contributed by atoms with Crippen LogP contribution in [0.2, 0.25) is 0 Å². The third kappa shape index (κ3) is 3.63. The van der Waals surface area contributed by atoms with Gasteiger partial charge in [0.15, 0.2) is 0 Å². The minimum atomic E-state index is 0.0386. The highest BCUT2D eigenvalue weighted by Gasteiger charge is 2.16. The molecule has 4 heteroatoms. The van der Waals surface area contributed by atoms with Crippen molar-refractivity contribution in [2.24, 2.45) is 0 Å². The lowest BCUT2D eigenvalue weighted by atomic mass is 9.93. The number of hydrogen-bond donors (Lipinski definition) is 1. The van der Waals surface area contributed by atoms with Gasteiger partial charge in [-0.2, -0.15) is 0 Å². The first-order valence-electron chi connectivity index (χ1n) is 6.92. The molecule has 0 amide bonds. The van der Waals surface area contributed by atoms with E-state index in [0.29, 0.717) is 6.42 Å². The SMILES string of the molecule is COc1c(C)cnc(CC(CO)c2ccc(Br)cc2)c1C. The molecule has 0 fully saturated rings. The van der Waals surface area contributed by atoms with Crippen LogP contribution in [0.4, 0.5) is 0 Å². The van der Waals surface area contributed by atoms with E-state index >= 15 is 0 Å². The van der Waals surface area contributed by atoms with Crippen LogP contribution in [0.1, 0.15) is 28.3 Å². The van der Waals surface area contributed by atoms with Gasteiger partial charge in [0.2, 0.25) is 0 Å². The Morgan fingerprint density at radius 3 is 2.48 bits per heavy atom. The van der Waals surface area contributed by atoms with Crippen molar-refractivity contribution < 1.29 is 9.84 Å². The van der Waals surface area contributed by atoms with Crippen LogP contribution in [-0.4, -0.2) is 23.8 Å². The first-order chi connectivity index (χ1) is 10.1. The van der Waals surface area contributed by atoms with Gasteiger partial charge < -0.3 is 9.84 Å². The second kappa shape index (κ2) is 7.05. The highest BCUT2D eigenvalue weighted by molar-refractivity contribution is 9.10. The molecule has 3 nitrogen and oxygen atoms in total. The molecule has 0 aliphatic carbocycles. The molecule has 0 aliphatic rings. The molecule has 0 saturated carbocycles. The van der Waals surface area contributed by atoms with Gasteiger partial charge in [-0.05, 0) is 38.0 Å². The summed E-state index contributed by atoms with van der Waals surface area (Å²) in [6.07, 6.45) is 2.53. The van der Waals surface area contributed by atoms with E-state index in [0.717, 1.165) is 32.6 Å². The molecule has 112 valence electrons. The molecule has 0 spiro atoms. The summed E-state index contributed by atoms with van der Waals surface area (Å²) in [5.41, 5.74) is 4.16. The van der Waals surface area contributed by atoms with Crippen molar-refractivity contribution in [3.8, 4) is 5.75 Å². The predicted octanol–water partition coefficient (Wildman–Crippen LogP) is 3.79. The fraction of sp³-hybridized carbons (Fsp3) is 0.353. The number of rotatable bonds is 5.